The predicted molar refractivity (Wildman–Crippen MR) is 128 cm³/mol. The molecule has 2 bridgehead atoms. The van der Waals surface area contributed by atoms with Gasteiger partial charge in [0, 0.05) is 38.5 Å². The van der Waals surface area contributed by atoms with Gasteiger partial charge in [-0.2, -0.15) is 0 Å². The summed E-state index contributed by atoms with van der Waals surface area (Å²) < 4.78 is 29.8. The van der Waals surface area contributed by atoms with Gasteiger partial charge in [-0.1, -0.05) is 19.1 Å². The molecule has 1 saturated carbocycles. The highest BCUT2D eigenvalue weighted by atomic mass is 35.5. The SMILES string of the molecule is C=C1CC[C@H]2O[C@@]3([C@H](OC(C)=O)[C@H]4[C@](C)(O)[C@H](OC(C)=O)C[C@H](OC(C)=O)[C@]24C)[C@@H](C)C(=O)O[C@H]3[C@H]1Cl. The Hall–Kier alpha value is -2.17. The lowest BCUT2D eigenvalue weighted by molar-refractivity contribution is -0.355. The monoisotopic (exact) mass is 542 g/mol. The molecule has 4 fully saturated rings. The third kappa shape index (κ3) is 4.06. The van der Waals surface area contributed by atoms with E-state index >= 15 is 0 Å². The number of hydrogen-bond acceptors (Lipinski definition) is 10. The molecule has 1 spiro atoms. The van der Waals surface area contributed by atoms with Crippen LogP contribution >= 0.6 is 11.6 Å². The Morgan fingerprint density at radius 3 is 2.19 bits per heavy atom. The van der Waals surface area contributed by atoms with Crippen molar-refractivity contribution in [1.29, 1.82) is 0 Å². The van der Waals surface area contributed by atoms with Crippen LogP contribution in [0.25, 0.3) is 0 Å². The molecule has 11 heteroatoms. The van der Waals surface area contributed by atoms with Gasteiger partial charge in [0.25, 0.3) is 0 Å². The average molecular weight is 543 g/mol. The predicted octanol–water partition coefficient (Wildman–Crippen LogP) is 2.22. The van der Waals surface area contributed by atoms with Crippen LogP contribution in [-0.2, 0) is 42.9 Å². The average Bonchev–Trinajstić information content (AvgIpc) is 3.01. The zero-order valence-electron chi connectivity index (χ0n) is 21.9. The summed E-state index contributed by atoms with van der Waals surface area (Å²) in [5.74, 6) is -4.43. The maximum Gasteiger partial charge on any atom is 0.312 e. The molecule has 4 rings (SSSR count). The number of carbonyl (C=O) groups excluding carboxylic acids is 4. The Morgan fingerprint density at radius 2 is 1.62 bits per heavy atom. The Bertz CT molecular complexity index is 1020. The fourth-order valence-electron chi connectivity index (χ4n) is 7.19. The summed E-state index contributed by atoms with van der Waals surface area (Å²) in [6.07, 6.45) is -4.26. The molecule has 0 aromatic rings. The number of alkyl halides is 1. The van der Waals surface area contributed by atoms with Crippen LogP contribution < -0.4 is 0 Å². The Balaban J connectivity index is 2.01. The molecule has 11 atom stereocenters. The van der Waals surface area contributed by atoms with Gasteiger partial charge in [0.2, 0.25) is 0 Å². The van der Waals surface area contributed by atoms with E-state index in [2.05, 4.69) is 6.58 Å². The Morgan fingerprint density at radius 1 is 1.05 bits per heavy atom. The molecule has 1 N–H and O–H groups in total. The van der Waals surface area contributed by atoms with E-state index in [9.17, 15) is 24.3 Å². The van der Waals surface area contributed by atoms with E-state index in [0.29, 0.717) is 18.4 Å². The molecule has 0 unspecified atom stereocenters. The number of carbonyl (C=O) groups is 4. The molecule has 0 radical (unpaired) electrons. The highest BCUT2D eigenvalue weighted by molar-refractivity contribution is 6.23. The topological polar surface area (TPSA) is 135 Å². The number of fused-ring (bicyclic) bond motifs is 3. The molecule has 0 aromatic heterocycles. The lowest BCUT2D eigenvalue weighted by Gasteiger charge is -2.66. The van der Waals surface area contributed by atoms with Crippen LogP contribution in [0.5, 0.6) is 0 Å². The first kappa shape index (κ1) is 27.9. The molecular weight excluding hydrogens is 508 g/mol. The summed E-state index contributed by atoms with van der Waals surface area (Å²) in [4.78, 5) is 49.8. The Labute approximate surface area is 220 Å². The highest BCUT2D eigenvalue weighted by Gasteiger charge is 2.78. The van der Waals surface area contributed by atoms with Crippen molar-refractivity contribution >= 4 is 35.5 Å². The van der Waals surface area contributed by atoms with Gasteiger partial charge in [-0.15, -0.1) is 11.6 Å². The molecule has 37 heavy (non-hydrogen) atoms. The van der Waals surface area contributed by atoms with Crippen molar-refractivity contribution < 1.29 is 48.0 Å². The molecule has 3 aliphatic heterocycles. The minimum Gasteiger partial charge on any atom is -0.462 e. The Kier molecular flexibility index (Phi) is 6.95. The van der Waals surface area contributed by atoms with Gasteiger partial charge in [-0.3, -0.25) is 19.2 Å². The quantitative estimate of drug-likeness (QED) is 0.245. The van der Waals surface area contributed by atoms with Crippen LogP contribution in [0.15, 0.2) is 12.2 Å². The number of esters is 4. The molecule has 206 valence electrons. The van der Waals surface area contributed by atoms with E-state index in [1.807, 2.05) is 0 Å². The van der Waals surface area contributed by atoms with Gasteiger partial charge >= 0.3 is 23.9 Å². The molecule has 0 aromatic carbocycles. The molecular formula is C26H35ClO10. The fraction of sp³-hybridized carbons (Fsp3) is 0.769. The zero-order chi connectivity index (χ0) is 27.7. The van der Waals surface area contributed by atoms with Gasteiger partial charge in [0.05, 0.1) is 17.4 Å². The van der Waals surface area contributed by atoms with E-state index in [1.165, 1.54) is 27.7 Å². The van der Waals surface area contributed by atoms with Gasteiger partial charge in [-0.05, 0) is 26.7 Å². The van der Waals surface area contributed by atoms with Crippen LogP contribution in [0.2, 0.25) is 0 Å². The van der Waals surface area contributed by atoms with Gasteiger partial charge in [-0.25, -0.2) is 0 Å². The maximum absolute atomic E-state index is 13.0. The van der Waals surface area contributed by atoms with Crippen molar-refractivity contribution in [3.8, 4) is 0 Å². The first-order valence-corrected chi connectivity index (χ1v) is 13.0. The van der Waals surface area contributed by atoms with E-state index in [1.54, 1.807) is 13.8 Å². The fourth-order valence-corrected chi connectivity index (χ4v) is 7.55. The minimum absolute atomic E-state index is 0.00764. The standard InChI is InChI=1S/C26H35ClO10/c1-11-8-9-16-24(6)17(33-13(3)28)10-18(34-14(4)29)25(7,32)20(24)22(35-15(5)30)26(37-16)12(2)23(31)36-21(26)19(11)27/h12,16-22,32H,1,8-10H2,2-7H3/t12-,16+,17-,18+,19-,20+,21-,22+,24-,25+,26-/m0/s1. The highest BCUT2D eigenvalue weighted by Crippen LogP contribution is 2.64. The van der Waals surface area contributed by atoms with Crippen molar-refractivity contribution in [1.82, 2.24) is 0 Å². The molecule has 3 saturated heterocycles. The lowest BCUT2D eigenvalue weighted by Crippen LogP contribution is -2.79. The normalized spacial score (nSPS) is 46.9. The van der Waals surface area contributed by atoms with E-state index in [0.717, 1.165) is 0 Å². The first-order valence-electron chi connectivity index (χ1n) is 12.5. The largest absolute Gasteiger partial charge is 0.462 e. The van der Waals surface area contributed by atoms with Gasteiger partial charge in [0.1, 0.15) is 23.9 Å². The number of halogens is 1. The van der Waals surface area contributed by atoms with E-state index in [4.69, 9.17) is 35.3 Å². The second-order valence-electron chi connectivity index (χ2n) is 11.2. The van der Waals surface area contributed by atoms with Crippen LogP contribution in [0.1, 0.15) is 60.8 Å². The summed E-state index contributed by atoms with van der Waals surface area (Å²) in [6.45, 7) is 12.7. The molecule has 0 amide bonds. The molecule has 1 aliphatic carbocycles. The summed E-state index contributed by atoms with van der Waals surface area (Å²) in [5.41, 5.74) is -3.89. The van der Waals surface area contributed by atoms with Crippen LogP contribution in [-0.4, -0.2) is 76.1 Å². The molecule has 3 heterocycles. The third-order valence-corrected chi connectivity index (χ3v) is 9.41. The first-order chi connectivity index (χ1) is 17.1. The van der Waals surface area contributed by atoms with E-state index < -0.39 is 88.2 Å². The number of aliphatic hydroxyl groups is 1. The lowest BCUT2D eigenvalue weighted by atomic mass is 9.49. The molecule has 4 aliphatic rings. The summed E-state index contributed by atoms with van der Waals surface area (Å²) in [6, 6.07) is 0. The summed E-state index contributed by atoms with van der Waals surface area (Å²) in [7, 11) is 0. The van der Waals surface area contributed by atoms with Crippen molar-refractivity contribution in [3.63, 3.8) is 0 Å². The molecule has 10 nitrogen and oxygen atoms in total. The van der Waals surface area contributed by atoms with Crippen molar-refractivity contribution in [2.45, 2.75) is 108 Å². The summed E-state index contributed by atoms with van der Waals surface area (Å²) in [5, 5.41) is 11.3. The van der Waals surface area contributed by atoms with Crippen LogP contribution in [0.4, 0.5) is 0 Å². The van der Waals surface area contributed by atoms with Crippen LogP contribution in [0, 0.1) is 17.3 Å². The van der Waals surface area contributed by atoms with E-state index in [-0.39, 0.29) is 6.42 Å². The second kappa shape index (κ2) is 9.24. The number of ether oxygens (including phenoxy) is 5. The number of hydrogen-bond donors (Lipinski definition) is 1. The van der Waals surface area contributed by atoms with Gasteiger partial charge < -0.3 is 28.8 Å². The second-order valence-corrected chi connectivity index (χ2v) is 11.6. The van der Waals surface area contributed by atoms with Gasteiger partial charge in [0.15, 0.2) is 11.7 Å². The van der Waals surface area contributed by atoms with Crippen molar-refractivity contribution in [3.05, 3.63) is 12.2 Å². The van der Waals surface area contributed by atoms with Crippen LogP contribution in [0.3, 0.4) is 0 Å². The van der Waals surface area contributed by atoms with Crippen molar-refractivity contribution in [2.75, 3.05) is 0 Å². The minimum atomic E-state index is -1.79. The number of rotatable bonds is 3. The zero-order valence-corrected chi connectivity index (χ0v) is 22.7. The maximum atomic E-state index is 13.0. The summed E-state index contributed by atoms with van der Waals surface area (Å²) >= 11 is 6.80. The smallest absolute Gasteiger partial charge is 0.312 e. The van der Waals surface area contributed by atoms with Crippen molar-refractivity contribution in [2.24, 2.45) is 17.3 Å². The third-order valence-electron chi connectivity index (χ3n) is 8.87.